The molecule has 2 aromatic heterocycles. The molecule has 9 heteroatoms. The summed E-state index contributed by atoms with van der Waals surface area (Å²) in [6, 6.07) is 12.1. The predicted molar refractivity (Wildman–Crippen MR) is 131 cm³/mol. The molecule has 5 rings (SSSR count). The quantitative estimate of drug-likeness (QED) is 0.343. The van der Waals surface area contributed by atoms with Gasteiger partial charge in [-0.15, -0.1) is 0 Å². The van der Waals surface area contributed by atoms with E-state index in [0.29, 0.717) is 35.1 Å². The van der Waals surface area contributed by atoms with Crippen LogP contribution in [0.25, 0.3) is 22.0 Å². The highest BCUT2D eigenvalue weighted by molar-refractivity contribution is 6.34. The smallest absolute Gasteiger partial charge is 0.243 e. The number of nitrogens with two attached hydrogens (primary N) is 1. The Morgan fingerprint density at radius 2 is 1.82 bits per heavy atom. The third-order valence-electron chi connectivity index (χ3n) is 6.11. The fourth-order valence-electron chi connectivity index (χ4n) is 3.93. The van der Waals surface area contributed by atoms with Crippen LogP contribution < -0.4 is 16.4 Å². The van der Waals surface area contributed by atoms with Gasteiger partial charge in [0, 0.05) is 35.1 Å². The molecule has 34 heavy (non-hydrogen) atoms. The van der Waals surface area contributed by atoms with E-state index >= 15 is 0 Å². The van der Waals surface area contributed by atoms with E-state index in [2.05, 4.69) is 25.6 Å². The minimum atomic E-state index is -0.734. The molecule has 1 aliphatic carbocycles. The van der Waals surface area contributed by atoms with Gasteiger partial charge in [0.25, 0.3) is 0 Å². The van der Waals surface area contributed by atoms with Crippen LogP contribution in [-0.4, -0.2) is 26.4 Å². The van der Waals surface area contributed by atoms with Gasteiger partial charge in [0.05, 0.1) is 22.3 Å². The Labute approximate surface area is 200 Å². The summed E-state index contributed by atoms with van der Waals surface area (Å²) in [4.78, 5) is 24.7. The number of amides is 1. The molecule has 0 aliphatic heterocycles. The zero-order valence-corrected chi connectivity index (χ0v) is 19.1. The topological polar surface area (TPSA) is 106 Å². The van der Waals surface area contributed by atoms with E-state index in [1.807, 2.05) is 25.1 Å². The molecule has 1 saturated carbocycles. The van der Waals surface area contributed by atoms with E-state index in [9.17, 15) is 9.18 Å². The Bertz CT molecular complexity index is 1390. The highest BCUT2D eigenvalue weighted by Crippen LogP contribution is 2.38. The first-order valence-corrected chi connectivity index (χ1v) is 11.2. The third-order valence-corrected chi connectivity index (χ3v) is 6.40. The minimum absolute atomic E-state index is 0.284. The van der Waals surface area contributed by atoms with Gasteiger partial charge in [-0.05, 0) is 43.5 Å². The number of rotatable bonds is 7. The number of fused-ring (bicyclic) bond motifs is 1. The van der Waals surface area contributed by atoms with E-state index in [-0.39, 0.29) is 11.9 Å². The Morgan fingerprint density at radius 1 is 1.09 bits per heavy atom. The van der Waals surface area contributed by atoms with E-state index < -0.39 is 11.4 Å². The van der Waals surface area contributed by atoms with Crippen LogP contribution in [0.1, 0.15) is 31.4 Å². The second-order valence-electron chi connectivity index (χ2n) is 8.47. The monoisotopic (exact) mass is 476 g/mol. The summed E-state index contributed by atoms with van der Waals surface area (Å²) in [7, 11) is 0. The second-order valence-corrected chi connectivity index (χ2v) is 8.87. The lowest BCUT2D eigenvalue weighted by Gasteiger charge is -2.19. The van der Waals surface area contributed by atoms with Crippen molar-refractivity contribution in [2.24, 2.45) is 5.73 Å². The lowest BCUT2D eigenvalue weighted by Crippen LogP contribution is -2.38. The fourth-order valence-corrected chi connectivity index (χ4v) is 4.13. The zero-order chi connectivity index (χ0) is 23.9. The third kappa shape index (κ3) is 4.12. The summed E-state index contributed by atoms with van der Waals surface area (Å²) in [5.41, 5.74) is 8.32. The van der Waals surface area contributed by atoms with Gasteiger partial charge in [0.2, 0.25) is 11.9 Å². The Kier molecular flexibility index (Phi) is 5.53. The molecule has 172 valence electrons. The Hall–Kier alpha value is -3.78. The first kappa shape index (κ1) is 22.0. The summed E-state index contributed by atoms with van der Waals surface area (Å²) in [6.07, 6.45) is 6.29. The molecular weight excluding hydrogens is 455 g/mol. The number of carbonyl (C=O) groups is 1. The van der Waals surface area contributed by atoms with Crippen molar-refractivity contribution in [1.82, 2.24) is 15.0 Å². The maximum absolute atomic E-state index is 14.3. The van der Waals surface area contributed by atoms with E-state index in [1.165, 1.54) is 6.07 Å². The molecule has 4 N–H and O–H groups in total. The number of pyridine rings is 1. The molecule has 1 fully saturated rings. The number of nitrogens with zero attached hydrogens (tertiary/aromatic N) is 3. The molecule has 0 radical (unpaired) electrons. The number of hydrogen-bond acceptors (Lipinski definition) is 6. The van der Waals surface area contributed by atoms with Crippen molar-refractivity contribution < 1.29 is 9.18 Å². The molecule has 1 aliphatic rings. The van der Waals surface area contributed by atoms with Gasteiger partial charge < -0.3 is 16.4 Å². The predicted octanol–water partition coefficient (Wildman–Crippen LogP) is 5.09. The standard InChI is InChI=1S/C25H22ClFN6O/c1-14(17-4-2-3-5-20(17)27)32-22-18-10-15(6-7-21(18)29-13-19(22)26)16-11-30-24(31-12-16)33-25(8-9-25)23(28)34/h2-7,10-14H,8-9H2,1H3,(H2,28,34)(H,29,32)(H,30,31,33). The summed E-state index contributed by atoms with van der Waals surface area (Å²) < 4.78 is 14.3. The molecule has 1 atom stereocenters. The van der Waals surface area contributed by atoms with Gasteiger partial charge in [-0.25, -0.2) is 14.4 Å². The fraction of sp³-hybridized carbons (Fsp3) is 0.200. The van der Waals surface area contributed by atoms with Crippen LogP contribution in [0.2, 0.25) is 5.02 Å². The molecular formula is C25H22ClFN6O. The number of halogens is 2. The SMILES string of the molecule is CC(Nc1c(Cl)cnc2ccc(-c3cnc(NC4(C(N)=O)CC4)nc3)cc12)c1ccccc1F. The molecule has 4 aromatic rings. The van der Waals surface area contributed by atoms with Crippen molar-refractivity contribution in [3.8, 4) is 11.1 Å². The first-order valence-electron chi connectivity index (χ1n) is 10.9. The van der Waals surface area contributed by atoms with Crippen LogP contribution in [0.4, 0.5) is 16.0 Å². The molecule has 1 unspecified atom stereocenters. The van der Waals surface area contributed by atoms with E-state index in [1.54, 1.807) is 36.8 Å². The normalized spacial score (nSPS) is 15.0. The Morgan fingerprint density at radius 3 is 2.50 bits per heavy atom. The van der Waals surface area contributed by atoms with Crippen molar-refractivity contribution in [1.29, 1.82) is 0 Å². The number of anilines is 2. The van der Waals surface area contributed by atoms with Crippen molar-refractivity contribution in [2.75, 3.05) is 10.6 Å². The van der Waals surface area contributed by atoms with E-state index in [0.717, 1.165) is 22.0 Å². The molecule has 2 heterocycles. The molecule has 2 aromatic carbocycles. The van der Waals surface area contributed by atoms with Gasteiger partial charge in [0.1, 0.15) is 11.4 Å². The maximum Gasteiger partial charge on any atom is 0.243 e. The highest BCUT2D eigenvalue weighted by Gasteiger charge is 2.49. The average Bonchev–Trinajstić information content (AvgIpc) is 3.62. The van der Waals surface area contributed by atoms with Crippen LogP contribution >= 0.6 is 11.6 Å². The highest BCUT2D eigenvalue weighted by atomic mass is 35.5. The first-order chi connectivity index (χ1) is 16.4. The van der Waals surface area contributed by atoms with Crippen molar-refractivity contribution in [3.05, 3.63) is 77.5 Å². The maximum atomic E-state index is 14.3. The second kappa shape index (κ2) is 8.53. The molecule has 1 amide bonds. The van der Waals surface area contributed by atoms with Crippen LogP contribution in [0.3, 0.4) is 0 Å². The lowest BCUT2D eigenvalue weighted by molar-refractivity contribution is -0.119. The van der Waals surface area contributed by atoms with Crippen molar-refractivity contribution >= 4 is 40.0 Å². The number of nitrogens with one attached hydrogen (secondary N) is 2. The molecule has 7 nitrogen and oxygen atoms in total. The minimum Gasteiger partial charge on any atom is -0.377 e. The van der Waals surface area contributed by atoms with Crippen LogP contribution in [0, 0.1) is 5.82 Å². The lowest BCUT2D eigenvalue weighted by atomic mass is 10.0. The van der Waals surface area contributed by atoms with Crippen LogP contribution in [0.5, 0.6) is 0 Å². The van der Waals surface area contributed by atoms with Crippen LogP contribution in [-0.2, 0) is 4.79 Å². The van der Waals surface area contributed by atoms with Gasteiger partial charge in [0.15, 0.2) is 0 Å². The molecule has 0 saturated heterocycles. The summed E-state index contributed by atoms with van der Waals surface area (Å²) in [5.74, 6) is -0.330. The average molecular weight is 477 g/mol. The largest absolute Gasteiger partial charge is 0.377 e. The van der Waals surface area contributed by atoms with Crippen molar-refractivity contribution in [2.45, 2.75) is 31.3 Å². The number of primary amides is 1. The van der Waals surface area contributed by atoms with Gasteiger partial charge in [-0.2, -0.15) is 0 Å². The van der Waals surface area contributed by atoms with Gasteiger partial charge in [-0.3, -0.25) is 9.78 Å². The Balaban J connectivity index is 1.46. The van der Waals surface area contributed by atoms with E-state index in [4.69, 9.17) is 17.3 Å². The number of hydrogen-bond donors (Lipinski definition) is 3. The summed E-state index contributed by atoms with van der Waals surface area (Å²) in [5, 5.41) is 7.60. The summed E-state index contributed by atoms with van der Waals surface area (Å²) >= 11 is 6.50. The van der Waals surface area contributed by atoms with Gasteiger partial charge in [-0.1, -0.05) is 35.9 Å². The number of carbonyl (C=O) groups excluding carboxylic acids is 1. The number of benzene rings is 2. The van der Waals surface area contributed by atoms with Crippen LogP contribution in [0.15, 0.2) is 61.1 Å². The molecule has 0 spiro atoms. The van der Waals surface area contributed by atoms with Gasteiger partial charge >= 0.3 is 0 Å². The number of aromatic nitrogens is 3. The molecule has 0 bridgehead atoms. The zero-order valence-electron chi connectivity index (χ0n) is 18.3. The van der Waals surface area contributed by atoms with Crippen molar-refractivity contribution in [3.63, 3.8) is 0 Å². The summed E-state index contributed by atoms with van der Waals surface area (Å²) in [6.45, 7) is 1.88.